The molecule has 3 N–H and O–H groups in total. The van der Waals surface area contributed by atoms with Crippen molar-refractivity contribution in [2.75, 3.05) is 37.7 Å². The van der Waals surface area contributed by atoms with Crippen LogP contribution in [0.5, 0.6) is 0 Å². The van der Waals surface area contributed by atoms with Crippen LogP contribution in [-0.2, 0) is 24.2 Å². The quantitative estimate of drug-likeness (QED) is 0.138. The van der Waals surface area contributed by atoms with E-state index in [2.05, 4.69) is 58.3 Å². The summed E-state index contributed by atoms with van der Waals surface area (Å²) in [6, 6.07) is -0.0213. The number of hydrogen-bond donors (Lipinski definition) is 3. The maximum absolute atomic E-state index is 13.3. The zero-order chi connectivity index (χ0) is 39.7. The second-order valence-electron chi connectivity index (χ2n) is 21.3. The fourth-order valence-electron chi connectivity index (χ4n) is 14.7. The Morgan fingerprint density at radius 3 is 2.22 bits per heavy atom. The van der Waals surface area contributed by atoms with Gasteiger partial charge in [-0.3, -0.25) is 14.5 Å². The molecule has 1 saturated heterocycles. The minimum absolute atomic E-state index is 0.0213. The van der Waals surface area contributed by atoms with Crippen LogP contribution in [0.1, 0.15) is 139 Å². The van der Waals surface area contributed by atoms with Gasteiger partial charge in [0.25, 0.3) is 0 Å². The van der Waals surface area contributed by atoms with Gasteiger partial charge in [0.2, 0.25) is 0 Å². The number of aliphatic hydroxyl groups excluding tert-OH is 1. The topological polar surface area (TPSA) is 133 Å². The molecule has 0 aromatic heterocycles. The Morgan fingerprint density at radius 2 is 1.59 bits per heavy atom. The molecule has 5 saturated carbocycles. The van der Waals surface area contributed by atoms with Crippen LogP contribution in [0.15, 0.2) is 12.2 Å². The van der Waals surface area contributed by atoms with Gasteiger partial charge >= 0.3 is 11.9 Å². The number of esters is 1. The number of carboxylic acids is 1. The first-order valence-electron chi connectivity index (χ1n) is 21.4. The average Bonchev–Trinajstić information content (AvgIpc) is 3.44. The van der Waals surface area contributed by atoms with Gasteiger partial charge < -0.3 is 20.3 Å². The van der Waals surface area contributed by atoms with Gasteiger partial charge in [0.1, 0.15) is 6.10 Å². The number of nitrogens with one attached hydrogen (secondary N) is 1. The van der Waals surface area contributed by atoms with E-state index in [1.807, 2.05) is 13.8 Å². The summed E-state index contributed by atoms with van der Waals surface area (Å²) in [4.78, 5) is 26.8. The van der Waals surface area contributed by atoms with Gasteiger partial charge in [-0.1, -0.05) is 60.6 Å². The standard InChI is InChI=1S/C44H74N2O7S/c1-29(2)31-12-18-44(45-21-15-30(28-47)46-22-24-54(51,52)25-23-46)20-19-42(8)32(38(31)44)10-11-34-41(7)16-14-35(40(5,6)33(41)13-17-43(34,42)9)53-37(50)27-39(3,4)26-36(48)49/h30-35,38,45,47H,1,10-28H2,2-9H3,(H,48,49)/t30?,31-,32+,33-,34+,35-,38+,41-,42+,43+,44-/m0/s1. The maximum atomic E-state index is 13.3. The molecule has 1 heterocycles. The summed E-state index contributed by atoms with van der Waals surface area (Å²) in [7, 11) is -2.97. The van der Waals surface area contributed by atoms with Gasteiger partial charge in [-0.25, -0.2) is 8.42 Å². The minimum Gasteiger partial charge on any atom is -0.481 e. The van der Waals surface area contributed by atoms with Crippen LogP contribution >= 0.6 is 0 Å². The second kappa shape index (κ2) is 14.7. The lowest BCUT2D eigenvalue weighted by molar-refractivity contribution is -0.246. The van der Waals surface area contributed by atoms with Crippen LogP contribution in [0, 0.1) is 56.7 Å². The van der Waals surface area contributed by atoms with E-state index in [0.717, 1.165) is 45.1 Å². The van der Waals surface area contributed by atoms with Crippen molar-refractivity contribution in [3.05, 3.63) is 12.2 Å². The summed E-state index contributed by atoms with van der Waals surface area (Å²) in [5, 5.41) is 23.9. The summed E-state index contributed by atoms with van der Waals surface area (Å²) in [6.45, 7) is 24.9. The average molecular weight is 775 g/mol. The molecule has 0 amide bonds. The first-order valence-corrected chi connectivity index (χ1v) is 23.2. The van der Waals surface area contributed by atoms with Gasteiger partial charge in [0.15, 0.2) is 9.84 Å². The molecule has 6 fully saturated rings. The van der Waals surface area contributed by atoms with Gasteiger partial charge in [-0.2, -0.15) is 0 Å². The molecule has 308 valence electrons. The zero-order valence-electron chi connectivity index (χ0n) is 35.0. The van der Waals surface area contributed by atoms with Crippen LogP contribution in [0.4, 0.5) is 0 Å². The number of carbonyl (C=O) groups is 2. The molecular formula is C44H74N2O7S. The predicted octanol–water partition coefficient (Wildman–Crippen LogP) is 7.27. The second-order valence-corrected chi connectivity index (χ2v) is 23.6. The Bertz CT molecular complexity index is 1550. The van der Waals surface area contributed by atoms with E-state index in [0.29, 0.717) is 42.7 Å². The summed E-state index contributed by atoms with van der Waals surface area (Å²) in [5.41, 5.74) is 1.12. The summed E-state index contributed by atoms with van der Waals surface area (Å²) >= 11 is 0. The molecule has 6 aliphatic rings. The van der Waals surface area contributed by atoms with Crippen molar-refractivity contribution in [2.24, 2.45) is 56.7 Å². The molecule has 0 radical (unpaired) electrons. The van der Waals surface area contributed by atoms with Crippen molar-refractivity contribution >= 4 is 21.8 Å². The van der Waals surface area contributed by atoms with Crippen molar-refractivity contribution in [3.63, 3.8) is 0 Å². The molecular weight excluding hydrogens is 701 g/mol. The monoisotopic (exact) mass is 775 g/mol. The van der Waals surface area contributed by atoms with Crippen molar-refractivity contribution in [1.82, 2.24) is 10.2 Å². The minimum atomic E-state index is -2.97. The summed E-state index contributed by atoms with van der Waals surface area (Å²) < 4.78 is 30.4. The summed E-state index contributed by atoms with van der Waals surface area (Å²) in [5.74, 6) is 1.88. The Kier molecular flexibility index (Phi) is 11.5. The third-order valence-corrected chi connectivity index (χ3v) is 19.2. The van der Waals surface area contributed by atoms with Crippen LogP contribution in [0.3, 0.4) is 0 Å². The van der Waals surface area contributed by atoms with E-state index in [4.69, 9.17) is 4.74 Å². The molecule has 11 atom stereocenters. The Labute approximate surface area is 327 Å². The zero-order valence-corrected chi connectivity index (χ0v) is 35.8. The van der Waals surface area contributed by atoms with E-state index in [9.17, 15) is 28.2 Å². The number of aliphatic hydroxyl groups is 1. The highest BCUT2D eigenvalue weighted by Gasteiger charge is 2.71. The van der Waals surface area contributed by atoms with Crippen LogP contribution < -0.4 is 5.32 Å². The number of hydrogen-bond acceptors (Lipinski definition) is 8. The number of carboxylic acid groups (broad SMARTS) is 1. The largest absolute Gasteiger partial charge is 0.481 e. The molecule has 1 unspecified atom stereocenters. The Hall–Kier alpha value is -1.49. The lowest BCUT2D eigenvalue weighted by Crippen LogP contribution is -2.69. The molecule has 9 nitrogen and oxygen atoms in total. The highest BCUT2D eigenvalue weighted by molar-refractivity contribution is 7.91. The van der Waals surface area contributed by atoms with Gasteiger partial charge in [-0.05, 0) is 135 Å². The normalized spacial score (nSPS) is 42.1. The lowest BCUT2D eigenvalue weighted by atomic mass is 9.32. The third kappa shape index (κ3) is 7.27. The number of carbonyl (C=O) groups excluding carboxylic acids is 1. The molecule has 0 spiro atoms. The molecule has 1 aliphatic heterocycles. The van der Waals surface area contributed by atoms with Crippen molar-refractivity contribution in [1.29, 1.82) is 0 Å². The lowest BCUT2D eigenvalue weighted by Gasteiger charge is -2.73. The fraction of sp³-hybridized carbons (Fsp3) is 0.909. The SMILES string of the molecule is C=C(C)[C@@H]1CC[C@]2(NCCC(CO)N3CCS(=O)(=O)CC3)CC[C@]3(C)[C@H](CC[C@@H]4[C@@]5(C)CC[C@H](OC(=O)CC(C)(C)CC(=O)O)C(C)(C)[C@@H]5CC[C@]43C)[C@@H]12. The van der Waals surface area contributed by atoms with E-state index < -0.39 is 21.2 Å². The first kappa shape index (κ1) is 42.1. The Morgan fingerprint density at radius 1 is 0.907 bits per heavy atom. The van der Waals surface area contributed by atoms with E-state index >= 15 is 0 Å². The van der Waals surface area contributed by atoms with Crippen LogP contribution in [-0.4, -0.2) is 90.9 Å². The number of allylic oxidation sites excluding steroid dienone is 1. The molecule has 0 bridgehead atoms. The predicted molar refractivity (Wildman–Crippen MR) is 214 cm³/mol. The van der Waals surface area contributed by atoms with Crippen LogP contribution in [0.25, 0.3) is 0 Å². The number of sulfone groups is 1. The molecule has 5 aliphatic carbocycles. The maximum Gasteiger partial charge on any atom is 0.306 e. The van der Waals surface area contributed by atoms with E-state index in [-0.39, 0.29) is 76.3 Å². The third-order valence-electron chi connectivity index (χ3n) is 17.6. The number of rotatable bonds is 12. The van der Waals surface area contributed by atoms with Gasteiger partial charge in [0, 0.05) is 30.1 Å². The molecule has 0 aromatic rings. The molecule has 0 aromatic carbocycles. The van der Waals surface area contributed by atoms with Crippen LogP contribution in [0.2, 0.25) is 0 Å². The number of fused-ring (bicyclic) bond motifs is 7. The van der Waals surface area contributed by atoms with Gasteiger partial charge in [0.05, 0.1) is 31.0 Å². The summed E-state index contributed by atoms with van der Waals surface area (Å²) in [6.07, 6.45) is 12.1. The fourth-order valence-corrected chi connectivity index (χ4v) is 15.9. The first-order chi connectivity index (χ1) is 25.0. The number of ether oxygens (including phenoxy) is 1. The van der Waals surface area contributed by atoms with E-state index in [1.165, 1.54) is 37.7 Å². The number of aliphatic carboxylic acids is 1. The van der Waals surface area contributed by atoms with E-state index in [1.54, 1.807) is 0 Å². The van der Waals surface area contributed by atoms with Crippen molar-refractivity contribution in [2.45, 2.75) is 157 Å². The smallest absolute Gasteiger partial charge is 0.306 e. The van der Waals surface area contributed by atoms with Crippen molar-refractivity contribution in [3.8, 4) is 0 Å². The molecule has 6 rings (SSSR count). The molecule has 54 heavy (non-hydrogen) atoms. The van der Waals surface area contributed by atoms with Gasteiger partial charge in [-0.15, -0.1) is 0 Å². The highest BCUT2D eigenvalue weighted by Crippen LogP contribution is 2.76. The number of nitrogens with zero attached hydrogens (tertiary/aromatic N) is 1. The highest BCUT2D eigenvalue weighted by atomic mass is 32.2. The Balaban J connectivity index is 1.18. The van der Waals surface area contributed by atoms with Crippen molar-refractivity contribution < 1.29 is 33.0 Å². The molecule has 10 heteroatoms.